The van der Waals surface area contributed by atoms with Crippen molar-refractivity contribution in [1.29, 1.82) is 0 Å². The minimum Gasteiger partial charge on any atom is -0.442 e. The molecule has 4 rings (SSSR count). The molecule has 2 amide bonds. The summed E-state index contributed by atoms with van der Waals surface area (Å²) in [6.45, 7) is 4.17. The molecule has 9 heteroatoms. The molecule has 0 unspecified atom stereocenters. The van der Waals surface area contributed by atoms with Gasteiger partial charge >= 0.3 is 6.09 Å². The van der Waals surface area contributed by atoms with E-state index in [9.17, 15) is 9.59 Å². The van der Waals surface area contributed by atoms with E-state index in [1.165, 1.54) is 11.3 Å². The average Bonchev–Trinajstić information content (AvgIpc) is 3.32. The number of amides is 2. The topological polar surface area (TPSA) is 86.3 Å². The third-order valence-electron chi connectivity index (χ3n) is 4.56. The Kier molecular flexibility index (Phi) is 5.16. The lowest BCUT2D eigenvalue weighted by atomic mass is 10.2. The number of aliphatic imine (C=N–C) groups is 1. The van der Waals surface area contributed by atoms with Crippen molar-refractivity contribution in [3.8, 4) is 0 Å². The van der Waals surface area contributed by atoms with E-state index in [1.807, 2.05) is 42.3 Å². The van der Waals surface area contributed by atoms with Gasteiger partial charge in [-0.05, 0) is 43.3 Å². The molecule has 1 aromatic heterocycles. The molecule has 1 saturated heterocycles. The Hall–Kier alpha value is -3.07. The van der Waals surface area contributed by atoms with Crippen molar-refractivity contribution in [2.45, 2.75) is 13.0 Å². The number of anilines is 2. The molecule has 3 heterocycles. The van der Waals surface area contributed by atoms with E-state index < -0.39 is 6.09 Å². The van der Waals surface area contributed by atoms with E-state index in [4.69, 9.17) is 4.74 Å². The van der Waals surface area contributed by atoms with Gasteiger partial charge in [-0.3, -0.25) is 25.1 Å². The first-order valence-corrected chi connectivity index (χ1v) is 9.86. The van der Waals surface area contributed by atoms with Crippen LogP contribution >= 0.6 is 11.3 Å². The maximum atomic E-state index is 12.2. The molecule has 2 aliphatic rings. The van der Waals surface area contributed by atoms with Gasteiger partial charge in [0.15, 0.2) is 0 Å². The highest BCUT2D eigenvalue weighted by atomic mass is 32.1. The third-order valence-corrected chi connectivity index (χ3v) is 5.56. The summed E-state index contributed by atoms with van der Waals surface area (Å²) in [7, 11) is 0. The van der Waals surface area contributed by atoms with Gasteiger partial charge in [0.2, 0.25) is 0 Å². The molecular weight excluding hydrogens is 378 g/mol. The number of carbonyl (C=O) groups is 2. The van der Waals surface area contributed by atoms with Crippen molar-refractivity contribution in [3.63, 3.8) is 0 Å². The van der Waals surface area contributed by atoms with Crippen molar-refractivity contribution in [1.82, 2.24) is 10.7 Å². The number of thiophene rings is 1. The lowest BCUT2D eigenvalue weighted by Gasteiger charge is -2.26. The van der Waals surface area contributed by atoms with Gasteiger partial charge in [0.05, 0.1) is 36.7 Å². The molecule has 2 aliphatic heterocycles. The summed E-state index contributed by atoms with van der Waals surface area (Å²) < 4.78 is 5.40. The van der Waals surface area contributed by atoms with Crippen LogP contribution in [0.2, 0.25) is 0 Å². The van der Waals surface area contributed by atoms with Gasteiger partial charge in [-0.2, -0.15) is 0 Å². The van der Waals surface area contributed by atoms with E-state index in [2.05, 4.69) is 15.7 Å². The maximum Gasteiger partial charge on any atom is 0.414 e. The van der Waals surface area contributed by atoms with Crippen LogP contribution in [0.25, 0.3) is 0 Å². The Morgan fingerprint density at radius 3 is 2.75 bits per heavy atom. The van der Waals surface area contributed by atoms with Crippen LogP contribution in [0.5, 0.6) is 0 Å². The molecular formula is C19H21N5O3S. The Labute approximate surface area is 166 Å². The summed E-state index contributed by atoms with van der Waals surface area (Å²) in [6.07, 6.45) is 0.894. The highest BCUT2D eigenvalue weighted by Crippen LogP contribution is 2.24. The zero-order valence-corrected chi connectivity index (χ0v) is 16.2. The van der Waals surface area contributed by atoms with Crippen LogP contribution in [-0.2, 0) is 4.74 Å². The predicted molar refractivity (Wildman–Crippen MR) is 109 cm³/mol. The largest absolute Gasteiger partial charge is 0.442 e. The molecule has 0 aliphatic carbocycles. The Morgan fingerprint density at radius 1 is 1.29 bits per heavy atom. The molecule has 0 spiro atoms. The minimum absolute atomic E-state index is 0.144. The van der Waals surface area contributed by atoms with Gasteiger partial charge in [0.1, 0.15) is 12.4 Å². The van der Waals surface area contributed by atoms with Crippen molar-refractivity contribution in [2.24, 2.45) is 4.99 Å². The van der Waals surface area contributed by atoms with Crippen molar-refractivity contribution < 1.29 is 14.3 Å². The summed E-state index contributed by atoms with van der Waals surface area (Å²) in [5.41, 5.74) is 4.84. The van der Waals surface area contributed by atoms with E-state index in [0.29, 0.717) is 11.4 Å². The van der Waals surface area contributed by atoms with Gasteiger partial charge in [0.25, 0.3) is 5.91 Å². The van der Waals surface area contributed by atoms with Crippen LogP contribution < -0.4 is 20.7 Å². The first-order chi connectivity index (χ1) is 13.6. The second kappa shape index (κ2) is 7.89. The second-order valence-corrected chi connectivity index (χ2v) is 7.86. The molecule has 2 aromatic rings. The Balaban J connectivity index is 1.34. The maximum absolute atomic E-state index is 12.2. The predicted octanol–water partition coefficient (Wildman–Crippen LogP) is 2.16. The highest BCUT2D eigenvalue weighted by Gasteiger charge is 2.32. The lowest BCUT2D eigenvalue weighted by molar-refractivity contribution is 0.0920. The van der Waals surface area contributed by atoms with Gasteiger partial charge in [-0.15, -0.1) is 11.3 Å². The summed E-state index contributed by atoms with van der Waals surface area (Å²) in [5.74, 6) is -0.144. The molecule has 0 saturated carbocycles. The number of rotatable bonds is 5. The molecule has 8 nitrogen and oxygen atoms in total. The molecule has 1 aromatic carbocycles. The Morgan fingerprint density at radius 2 is 2.07 bits per heavy atom. The second-order valence-electron chi connectivity index (χ2n) is 6.57. The highest BCUT2D eigenvalue weighted by molar-refractivity contribution is 7.13. The fourth-order valence-electron chi connectivity index (χ4n) is 3.10. The lowest BCUT2D eigenvalue weighted by Crippen LogP contribution is -2.42. The van der Waals surface area contributed by atoms with E-state index in [0.717, 1.165) is 29.3 Å². The van der Waals surface area contributed by atoms with Gasteiger partial charge < -0.3 is 10.1 Å². The number of hydrogen-bond donors (Lipinski definition) is 2. The van der Waals surface area contributed by atoms with Crippen LogP contribution in [0.3, 0.4) is 0 Å². The van der Waals surface area contributed by atoms with E-state index >= 15 is 0 Å². The fraction of sp³-hybridized carbons (Fsp3) is 0.316. The fourth-order valence-corrected chi connectivity index (χ4v) is 3.89. The van der Waals surface area contributed by atoms with Crippen LogP contribution in [0, 0.1) is 6.92 Å². The first kappa shape index (κ1) is 18.3. The molecule has 0 radical (unpaired) electrons. The van der Waals surface area contributed by atoms with Crippen molar-refractivity contribution in [3.05, 3.63) is 46.2 Å². The monoisotopic (exact) mass is 399 g/mol. The van der Waals surface area contributed by atoms with Crippen molar-refractivity contribution in [2.75, 3.05) is 36.1 Å². The molecule has 146 valence electrons. The number of ether oxygens (including phenoxy) is 1. The number of hydrogen-bond acceptors (Lipinski definition) is 7. The zero-order chi connectivity index (χ0) is 19.5. The molecule has 2 N–H and O–H groups in total. The normalized spacial score (nSPS) is 18.8. The van der Waals surface area contributed by atoms with E-state index in [-0.39, 0.29) is 18.6 Å². The SMILES string of the molecule is Cc1ccc(C(=O)NC[C@H]2CN(c3ccc(N4CCN=CN4)cc3)C(=O)O2)s1. The smallest absolute Gasteiger partial charge is 0.414 e. The molecule has 1 fully saturated rings. The Bertz CT molecular complexity index is 895. The number of nitrogens with zero attached hydrogens (tertiary/aromatic N) is 3. The summed E-state index contributed by atoms with van der Waals surface area (Å²) in [4.78, 5) is 31.9. The van der Waals surface area contributed by atoms with Crippen molar-refractivity contribution >= 4 is 41.1 Å². The third kappa shape index (κ3) is 3.94. The van der Waals surface area contributed by atoms with E-state index in [1.54, 1.807) is 17.3 Å². The van der Waals surface area contributed by atoms with Crippen LogP contribution in [-0.4, -0.2) is 50.6 Å². The number of nitrogens with one attached hydrogen (secondary N) is 2. The number of carbonyl (C=O) groups excluding carboxylic acids is 2. The number of cyclic esters (lactones) is 1. The summed E-state index contributed by atoms with van der Waals surface area (Å²) in [6, 6.07) is 11.4. The van der Waals surface area contributed by atoms with Gasteiger partial charge in [0, 0.05) is 10.6 Å². The minimum atomic E-state index is -0.401. The van der Waals surface area contributed by atoms with Crippen LogP contribution in [0.4, 0.5) is 16.2 Å². The molecule has 0 bridgehead atoms. The average molecular weight is 399 g/mol. The number of benzene rings is 1. The molecule has 28 heavy (non-hydrogen) atoms. The number of aryl methyl sites for hydroxylation is 1. The van der Waals surface area contributed by atoms with Crippen LogP contribution in [0.1, 0.15) is 14.5 Å². The summed E-state index contributed by atoms with van der Waals surface area (Å²) in [5, 5.41) is 4.83. The van der Waals surface area contributed by atoms with Crippen LogP contribution in [0.15, 0.2) is 41.4 Å². The summed E-state index contributed by atoms with van der Waals surface area (Å²) >= 11 is 1.44. The zero-order valence-electron chi connectivity index (χ0n) is 15.4. The first-order valence-electron chi connectivity index (χ1n) is 9.05. The molecule has 1 atom stereocenters. The quantitative estimate of drug-likeness (QED) is 0.805. The number of hydrazine groups is 1. The van der Waals surface area contributed by atoms with Gasteiger partial charge in [-0.1, -0.05) is 0 Å². The van der Waals surface area contributed by atoms with Gasteiger partial charge in [-0.25, -0.2) is 4.79 Å². The standard InChI is InChI=1S/C19H21N5O3S/c1-13-2-7-17(28-13)18(25)21-10-16-11-23(19(26)27-16)14-3-5-15(6-4-14)24-9-8-20-12-22-24/h2-7,12,16H,8-11H2,1H3,(H,20,22)(H,21,25)/t16-/m0/s1.